The summed E-state index contributed by atoms with van der Waals surface area (Å²) in [5.41, 5.74) is 1.15. The number of pyridine rings is 1. The first-order chi connectivity index (χ1) is 5.95. The first-order valence-electron chi connectivity index (χ1n) is 3.80. The lowest BCUT2D eigenvalue weighted by atomic mass is 10.1. The molecule has 1 aromatic rings. The summed E-state index contributed by atoms with van der Waals surface area (Å²) in [6, 6.07) is 1.29. The number of nitro groups is 1. The predicted octanol–water partition coefficient (Wildman–Crippen LogP) is 1.15. The lowest BCUT2D eigenvalue weighted by molar-refractivity contribution is -0.620. The molecule has 13 heavy (non-hydrogen) atoms. The summed E-state index contributed by atoms with van der Waals surface area (Å²) in [7, 11) is 0. The monoisotopic (exact) mass is 182 g/mol. The average molecular weight is 182 g/mol. The van der Waals surface area contributed by atoms with Crippen LogP contribution in [0.4, 0.5) is 5.69 Å². The van der Waals surface area contributed by atoms with Crippen molar-refractivity contribution in [3.63, 3.8) is 0 Å². The van der Waals surface area contributed by atoms with Gasteiger partial charge >= 0.3 is 0 Å². The Labute approximate surface area is 75.4 Å². The van der Waals surface area contributed by atoms with Gasteiger partial charge in [0.15, 0.2) is 11.4 Å². The van der Waals surface area contributed by atoms with Gasteiger partial charge in [0.1, 0.15) is 0 Å². The number of aryl methyl sites for hydroxylation is 1. The van der Waals surface area contributed by atoms with Crippen molar-refractivity contribution in [3.05, 3.63) is 38.3 Å². The molecule has 0 saturated heterocycles. The lowest BCUT2D eigenvalue weighted by Crippen LogP contribution is -2.34. The van der Waals surface area contributed by atoms with E-state index >= 15 is 0 Å². The zero-order chi connectivity index (χ0) is 10.2. The molecule has 0 fully saturated rings. The van der Waals surface area contributed by atoms with Gasteiger partial charge in [-0.1, -0.05) is 0 Å². The number of rotatable bonds is 1. The van der Waals surface area contributed by atoms with E-state index in [1.54, 1.807) is 20.8 Å². The molecule has 0 unspecified atom stereocenters. The second-order valence-corrected chi connectivity index (χ2v) is 2.93. The van der Waals surface area contributed by atoms with Gasteiger partial charge in [-0.05, 0) is 6.92 Å². The van der Waals surface area contributed by atoms with Crippen LogP contribution in [0.3, 0.4) is 0 Å². The van der Waals surface area contributed by atoms with Crippen LogP contribution in [-0.4, -0.2) is 4.92 Å². The minimum absolute atomic E-state index is 0.00194. The van der Waals surface area contributed by atoms with Gasteiger partial charge in [-0.25, -0.2) is 0 Å². The lowest BCUT2D eigenvalue weighted by Gasteiger charge is -2.06. The van der Waals surface area contributed by atoms with Crippen LogP contribution in [-0.2, 0) is 0 Å². The summed E-state index contributed by atoms with van der Waals surface area (Å²) in [6.45, 7) is 4.69. The summed E-state index contributed by atoms with van der Waals surface area (Å²) < 4.78 is 0.697. The molecule has 0 aliphatic rings. The molecule has 0 aliphatic heterocycles. The van der Waals surface area contributed by atoms with E-state index in [9.17, 15) is 15.3 Å². The van der Waals surface area contributed by atoms with Gasteiger partial charge in [-0.3, -0.25) is 10.1 Å². The highest BCUT2D eigenvalue weighted by Gasteiger charge is 2.20. The molecule has 0 spiro atoms. The van der Waals surface area contributed by atoms with Crippen LogP contribution in [0.15, 0.2) is 6.07 Å². The van der Waals surface area contributed by atoms with Gasteiger partial charge in [0, 0.05) is 13.8 Å². The maximum atomic E-state index is 11.3. The molecular formula is C8H10N2O3. The topological polar surface area (TPSA) is 70.1 Å². The number of aromatic nitrogens is 1. The van der Waals surface area contributed by atoms with E-state index in [1.807, 2.05) is 0 Å². The number of hydrogen-bond acceptors (Lipinski definition) is 3. The maximum absolute atomic E-state index is 11.3. The first kappa shape index (κ1) is 9.44. The Balaban J connectivity index is 3.50. The van der Waals surface area contributed by atoms with Crippen LogP contribution in [0.25, 0.3) is 0 Å². The largest absolute Gasteiger partial charge is 0.618 e. The van der Waals surface area contributed by atoms with Crippen LogP contribution in [0.2, 0.25) is 0 Å². The first-order valence-corrected chi connectivity index (χ1v) is 3.80. The third kappa shape index (κ3) is 1.44. The van der Waals surface area contributed by atoms with Crippen molar-refractivity contribution < 1.29 is 9.65 Å². The van der Waals surface area contributed by atoms with Crippen molar-refractivity contribution in [1.29, 1.82) is 0 Å². The van der Waals surface area contributed by atoms with Crippen LogP contribution >= 0.6 is 0 Å². The highest BCUT2D eigenvalue weighted by molar-refractivity contribution is 5.39. The Morgan fingerprint density at radius 2 is 1.92 bits per heavy atom. The molecule has 1 aromatic heterocycles. The Morgan fingerprint density at radius 3 is 2.38 bits per heavy atom. The summed E-state index contributed by atoms with van der Waals surface area (Å²) in [5, 5.41) is 21.8. The fraction of sp³-hybridized carbons (Fsp3) is 0.375. The molecule has 1 rings (SSSR count). The Hall–Kier alpha value is -1.65. The molecule has 0 aromatic carbocycles. The molecule has 5 nitrogen and oxygen atoms in total. The molecular weight excluding hydrogens is 172 g/mol. The molecule has 0 bridgehead atoms. The van der Waals surface area contributed by atoms with Gasteiger partial charge in [-0.15, -0.1) is 0 Å². The molecule has 1 heterocycles. The predicted molar refractivity (Wildman–Crippen MR) is 46.3 cm³/mol. The molecule has 5 heteroatoms. The van der Waals surface area contributed by atoms with Crippen molar-refractivity contribution in [2.24, 2.45) is 0 Å². The number of hydrogen-bond donors (Lipinski definition) is 0. The van der Waals surface area contributed by atoms with Crippen LogP contribution in [0, 0.1) is 36.1 Å². The van der Waals surface area contributed by atoms with Crippen molar-refractivity contribution >= 4 is 5.69 Å². The van der Waals surface area contributed by atoms with Crippen molar-refractivity contribution in [2.45, 2.75) is 20.8 Å². The van der Waals surface area contributed by atoms with E-state index in [4.69, 9.17) is 0 Å². The Morgan fingerprint density at radius 1 is 1.38 bits per heavy atom. The van der Waals surface area contributed by atoms with E-state index in [-0.39, 0.29) is 5.69 Å². The van der Waals surface area contributed by atoms with E-state index in [2.05, 4.69) is 0 Å². The zero-order valence-corrected chi connectivity index (χ0v) is 7.70. The third-order valence-electron chi connectivity index (χ3n) is 2.09. The second-order valence-electron chi connectivity index (χ2n) is 2.93. The van der Waals surface area contributed by atoms with Crippen LogP contribution in [0.5, 0.6) is 0 Å². The van der Waals surface area contributed by atoms with Gasteiger partial charge in [0.05, 0.1) is 16.6 Å². The Bertz CT molecular complexity index is 374. The third-order valence-corrected chi connectivity index (χ3v) is 2.09. The minimum Gasteiger partial charge on any atom is -0.618 e. The molecule has 0 radical (unpaired) electrons. The fourth-order valence-electron chi connectivity index (χ4n) is 1.16. The van der Waals surface area contributed by atoms with E-state index in [0.717, 1.165) is 0 Å². The maximum Gasteiger partial charge on any atom is 0.284 e. The quantitative estimate of drug-likeness (QED) is 0.283. The SMILES string of the molecule is Cc1c([N+](=O)[O-])cc(C)[n+]([O-])c1C. The van der Waals surface area contributed by atoms with E-state index in [1.165, 1.54) is 6.07 Å². The zero-order valence-electron chi connectivity index (χ0n) is 7.70. The molecule has 0 N–H and O–H groups in total. The molecule has 70 valence electrons. The van der Waals surface area contributed by atoms with E-state index in [0.29, 0.717) is 21.7 Å². The highest BCUT2D eigenvalue weighted by Crippen LogP contribution is 2.18. The van der Waals surface area contributed by atoms with Crippen molar-refractivity contribution in [3.8, 4) is 0 Å². The standard InChI is InChI=1S/C8H10N2O3/c1-5-4-8(10(12)13)6(2)7(3)9(5)11/h4H,1-3H3. The molecule has 0 aliphatic carbocycles. The van der Waals surface area contributed by atoms with Crippen molar-refractivity contribution in [1.82, 2.24) is 0 Å². The average Bonchev–Trinajstić information content (AvgIpc) is 2.07. The van der Waals surface area contributed by atoms with Gasteiger partial charge < -0.3 is 5.21 Å². The summed E-state index contributed by atoms with van der Waals surface area (Å²) in [5.74, 6) is 0. The summed E-state index contributed by atoms with van der Waals surface area (Å²) in [6.07, 6.45) is 0. The van der Waals surface area contributed by atoms with Gasteiger partial charge in [-0.2, -0.15) is 4.73 Å². The second kappa shape index (κ2) is 3.01. The summed E-state index contributed by atoms with van der Waals surface area (Å²) in [4.78, 5) is 10.1. The summed E-state index contributed by atoms with van der Waals surface area (Å²) >= 11 is 0. The van der Waals surface area contributed by atoms with E-state index < -0.39 is 4.92 Å². The minimum atomic E-state index is -0.477. The fourth-order valence-corrected chi connectivity index (χ4v) is 1.16. The van der Waals surface area contributed by atoms with Crippen LogP contribution in [0.1, 0.15) is 17.0 Å². The van der Waals surface area contributed by atoms with Crippen LogP contribution < -0.4 is 4.73 Å². The highest BCUT2D eigenvalue weighted by atomic mass is 16.6. The van der Waals surface area contributed by atoms with Gasteiger partial charge in [0.2, 0.25) is 0 Å². The molecule has 0 amide bonds. The molecule has 0 atom stereocenters. The molecule has 0 saturated carbocycles. The van der Waals surface area contributed by atoms with Gasteiger partial charge in [0.25, 0.3) is 5.69 Å². The Kier molecular flexibility index (Phi) is 2.18. The van der Waals surface area contributed by atoms with Crippen molar-refractivity contribution in [2.75, 3.05) is 0 Å². The number of nitrogens with zero attached hydrogens (tertiary/aromatic N) is 2. The smallest absolute Gasteiger partial charge is 0.284 e. The normalized spacial score (nSPS) is 10.1.